The number of nitrogens with two attached hydrogens (primary N) is 2. The zero-order chi connectivity index (χ0) is 106. The summed E-state index contributed by atoms with van der Waals surface area (Å²) in [6.07, 6.45) is -3.48. The van der Waals surface area contributed by atoms with Gasteiger partial charge in [0, 0.05) is 94.3 Å². The lowest BCUT2D eigenvalue weighted by atomic mass is 9.81. The van der Waals surface area contributed by atoms with Gasteiger partial charge in [-0.05, 0) is 58.2 Å². The van der Waals surface area contributed by atoms with E-state index in [0.29, 0.717) is 49.2 Å². The van der Waals surface area contributed by atoms with Crippen molar-refractivity contribution in [1.82, 2.24) is 73.3 Å². The number of aliphatic hydroxyl groups excluding tert-OH is 1. The highest BCUT2D eigenvalue weighted by molar-refractivity contribution is 7.48. The number of aliphatic hydroxyl groups is 1. The van der Waals surface area contributed by atoms with Gasteiger partial charge in [-0.15, -0.1) is 0 Å². The number of carbonyl (C=O) groups excluding carboxylic acids is 4. The molecule has 4 saturated heterocycles. The number of aromatic amines is 3. The number of nitrogen functional groups attached to an aromatic ring is 2. The van der Waals surface area contributed by atoms with E-state index in [1.165, 1.54) is 21.5 Å². The molecule has 0 spiro atoms. The predicted octanol–water partition coefficient (Wildman–Crippen LogP) is 6.27. The maximum Gasteiger partial charge on any atom is 0.472 e. The molecule has 50 nitrogen and oxygen atoms in total. The SMILES string of the molecule is CCCCN1OCC#Cc2cn(c(=O)[nH]c2=O)C2CC(O)C(COP(=O)(O)OC3CC4OC3COP(=O)(O)OC3CC5OC3COP(=O)(O)OC3CC6OC3COCCCCCCCCCCCCCCCCCC(CC(CC(CCC1=O)C(=O)N(Cc1ccccc1)OCC#Cc1cn4c(=O)[nH]c1=O)C(=O)N(CCN(C)C)OCC#Cc1cn5c3ncnc(N)c13)C(=O)N(CC(=O)O)OCC#Cc1cn6c3nc(N)[nH]c(=O)c13)O2. The summed E-state index contributed by atoms with van der Waals surface area (Å²) in [5.74, 6) is 12.3. The molecule has 7 aromatic rings. The number of anilines is 2. The van der Waals surface area contributed by atoms with Crippen molar-refractivity contribution in [2.24, 2.45) is 17.8 Å². The van der Waals surface area contributed by atoms with Crippen molar-refractivity contribution >= 4 is 86.9 Å². The van der Waals surface area contributed by atoms with Crippen LogP contribution in [0.5, 0.6) is 0 Å². The number of aliphatic carboxylic acids is 1. The van der Waals surface area contributed by atoms with Gasteiger partial charge in [-0.2, -0.15) is 4.98 Å². The average Bonchev–Trinajstić information content (AvgIpc) is 1.61. The number of fused-ring (bicyclic) bond motifs is 31. The van der Waals surface area contributed by atoms with Crippen LogP contribution in [0.4, 0.5) is 11.8 Å². The molecule has 18 atom stereocenters. The molecule has 8 aliphatic rings. The quantitative estimate of drug-likeness (QED) is 0.0533. The lowest BCUT2D eigenvalue weighted by Gasteiger charge is -2.33. The molecule has 15 rings (SSSR count). The first-order chi connectivity index (χ1) is 72.1. The monoisotopic (exact) mass is 2150 g/mol. The zero-order valence-electron chi connectivity index (χ0n) is 83.2. The summed E-state index contributed by atoms with van der Waals surface area (Å²) in [7, 11) is -13.4. The maximum atomic E-state index is 16.9. The fourth-order valence-corrected chi connectivity index (χ4v) is 22.0. The summed E-state index contributed by atoms with van der Waals surface area (Å²) in [4.78, 5) is 232. The number of ether oxygens (including phenoxy) is 5. The van der Waals surface area contributed by atoms with E-state index in [2.05, 4.69) is 77.3 Å². The van der Waals surface area contributed by atoms with Gasteiger partial charge in [-0.1, -0.05) is 181 Å². The van der Waals surface area contributed by atoms with Gasteiger partial charge in [0.25, 0.3) is 16.7 Å². The molecular formula is C97H126N17O33P3. The number of H-pyrrole nitrogens is 3. The van der Waals surface area contributed by atoms with Crippen molar-refractivity contribution in [3.05, 3.63) is 141 Å². The van der Waals surface area contributed by atoms with Crippen molar-refractivity contribution in [3.63, 3.8) is 0 Å². The fraction of sp³-hybridized carbons (Fsp3) is 0.598. The van der Waals surface area contributed by atoms with Gasteiger partial charge in [-0.25, -0.2) is 53.5 Å². The Kier molecular flexibility index (Phi) is 39.7. The normalized spacial score (nSPS) is 29.1. The van der Waals surface area contributed by atoms with Crippen molar-refractivity contribution < 1.29 is 133 Å². The summed E-state index contributed by atoms with van der Waals surface area (Å²) in [6, 6.07) is 8.40. The molecule has 18 unspecified atom stereocenters. The first-order valence-electron chi connectivity index (χ1n) is 50.3. The van der Waals surface area contributed by atoms with Crippen LogP contribution in [0.1, 0.15) is 227 Å². The van der Waals surface area contributed by atoms with Crippen LogP contribution in [0.15, 0.2) is 85.4 Å². The number of likely N-dealkylation sites (N-methyl/N-ethyl adjacent to an activating group) is 1. The molecule has 1 aromatic carbocycles. The summed E-state index contributed by atoms with van der Waals surface area (Å²) in [5.41, 5.74) is 7.43. The predicted molar refractivity (Wildman–Crippen MR) is 530 cm³/mol. The summed E-state index contributed by atoms with van der Waals surface area (Å²) < 4.78 is 116. The van der Waals surface area contributed by atoms with Crippen LogP contribution < -0.4 is 39.5 Å². The number of nitrogens with zero attached hydrogens (tertiary/aromatic N) is 12. The Labute approximate surface area is 860 Å². The third kappa shape index (κ3) is 30.4. The summed E-state index contributed by atoms with van der Waals surface area (Å²) >= 11 is 0. The van der Waals surface area contributed by atoms with Gasteiger partial charge in [0.05, 0.1) is 67.5 Å². The molecule has 4 fully saturated rings. The molecule has 0 radical (unpaired) electrons. The van der Waals surface area contributed by atoms with E-state index in [1.807, 2.05) is 6.92 Å². The number of phosphoric acid groups is 3. The smallest absolute Gasteiger partial charge is 0.472 e. The van der Waals surface area contributed by atoms with E-state index in [4.69, 9.17) is 81.6 Å². The van der Waals surface area contributed by atoms with Gasteiger partial charge >= 0.3 is 40.8 Å². The van der Waals surface area contributed by atoms with Crippen LogP contribution >= 0.6 is 23.5 Å². The second kappa shape index (κ2) is 52.8. The second-order valence-corrected chi connectivity index (χ2v) is 42.2. The number of carbonyl (C=O) groups is 5. The first-order valence-corrected chi connectivity index (χ1v) is 54.8. The van der Waals surface area contributed by atoms with Crippen LogP contribution in [-0.4, -0.2) is 276 Å². The second-order valence-electron chi connectivity index (χ2n) is 38.0. The topological polar surface area (TPSA) is 636 Å². The standard InChI is InChI=1S/C97H126N17O33P3/c1-4-5-37-111-78(116)36-35-64-46-69-45-63-30-22-17-15-13-11-9-7-6-8-10-12-14-16-18-23-40-133-57-75-71(48-81(142-75)108-53-66(85-88(108)102-95(99)103-91(85)121)32-25-43-137-114(92(63)122)56-83(117)118)145-149(129,130)139-59-76-72(49-80(143-76)107-52-65(84-86(98)100-61-101-87(84)107)31-24-42-135-112(94(69)124)39-38-106(2)3)146-150(131,132)140-60-77-73(147-148(127,128)138-58-74-70(115)47-79(141-74)109-54-67(33-26-41-134-111)89(119)104-96(109)125)50-82(144-77)110-55-68(90(120)105-97(110)126)34-27-44-136-113(93(64)123)51-62-28-20-19-21-29-62/h19-21,28-29,52-55,61,63-64,69-77,79-82,115H,4-18,22-23,30,35-51,56-60H2,1-3H3,(H,117,118)(H,127,128)(H,129,130)(H,131,132)(H2,98,100,101)(H,104,119,125)(H,105,120,126)(H3,99,102,103,121). The minimum Gasteiger partial charge on any atom is -0.480 e. The van der Waals surface area contributed by atoms with Crippen LogP contribution in [-0.2, 0) is 114 Å². The van der Waals surface area contributed by atoms with Crippen molar-refractivity contribution in [3.8, 4) is 47.4 Å². The number of aromatic nitrogens is 10. The Balaban J connectivity index is 0.923. The Morgan fingerprint density at radius 1 is 0.480 bits per heavy atom. The van der Waals surface area contributed by atoms with Gasteiger partial charge < -0.3 is 74.1 Å². The van der Waals surface area contributed by atoms with Gasteiger partial charge in [0.15, 0.2) is 5.65 Å². The molecule has 14 heterocycles. The minimum atomic E-state index is -5.72. The molecule has 8 aliphatic heterocycles. The van der Waals surface area contributed by atoms with Crippen molar-refractivity contribution in [2.45, 2.75) is 254 Å². The molecule has 53 heteroatoms. The molecule has 6 aromatic heterocycles. The number of benzene rings is 1. The van der Waals surface area contributed by atoms with Gasteiger partial charge in [0.2, 0.25) is 29.6 Å². The highest BCUT2D eigenvalue weighted by Gasteiger charge is 2.50. The molecule has 0 saturated carbocycles. The van der Waals surface area contributed by atoms with E-state index in [0.717, 1.165) is 114 Å². The van der Waals surface area contributed by atoms with E-state index in [-0.39, 0.29) is 96.2 Å². The van der Waals surface area contributed by atoms with Crippen LogP contribution in [0.2, 0.25) is 0 Å². The highest BCUT2D eigenvalue weighted by Crippen LogP contribution is 2.55. The number of phosphoric ester groups is 3. The number of carboxylic acid groups (broad SMARTS) is 1. The molecule has 4 amide bonds. The summed E-state index contributed by atoms with van der Waals surface area (Å²) in [6.45, 7) is -5.89. The molecule has 150 heavy (non-hydrogen) atoms. The molecule has 22 bridgehead atoms. The largest absolute Gasteiger partial charge is 0.480 e. The van der Waals surface area contributed by atoms with Crippen molar-refractivity contribution in [1.29, 1.82) is 0 Å². The lowest BCUT2D eigenvalue weighted by Crippen LogP contribution is -2.45. The number of amides is 4. The Hall–Kier alpha value is -11.3. The van der Waals surface area contributed by atoms with Gasteiger partial charge in [0.1, 0.15) is 130 Å². The third-order valence-corrected chi connectivity index (χ3v) is 29.8. The average molecular weight is 2150 g/mol. The third-order valence-electron chi connectivity index (χ3n) is 26.8. The Morgan fingerprint density at radius 3 is 1.47 bits per heavy atom. The minimum absolute atomic E-state index is 0.00845. The Bertz CT molecular complexity index is 6690. The van der Waals surface area contributed by atoms with Crippen LogP contribution in [0.25, 0.3) is 22.1 Å². The number of carboxylic acids is 1. The van der Waals surface area contributed by atoms with E-state index in [9.17, 15) is 58.2 Å². The number of unbranched alkanes of at least 4 members (excludes halogenated alkanes) is 1. The van der Waals surface area contributed by atoms with Crippen LogP contribution in [0.3, 0.4) is 0 Å². The Morgan fingerprint density at radius 2 is 0.927 bits per heavy atom. The fourth-order valence-electron chi connectivity index (χ4n) is 19.1. The molecule has 12 N–H and O–H groups in total. The van der Waals surface area contributed by atoms with Gasteiger partial charge in [-0.3, -0.25) is 109 Å². The van der Waals surface area contributed by atoms with Crippen molar-refractivity contribution in [2.75, 3.05) is 111 Å². The van der Waals surface area contributed by atoms with E-state index in [1.54, 1.807) is 49.3 Å². The molecule has 812 valence electrons. The number of hydrogen-bond acceptors (Lipinski definition) is 35. The first kappa shape index (κ1) is 113. The lowest BCUT2D eigenvalue weighted by molar-refractivity contribution is -0.196. The highest BCUT2D eigenvalue weighted by atomic mass is 31.2. The summed E-state index contributed by atoms with van der Waals surface area (Å²) in [5, 5.41) is 25.9. The molecule has 0 aliphatic carbocycles. The number of rotatable bonds is 10. The van der Waals surface area contributed by atoms with E-state index >= 15 is 28.3 Å². The van der Waals surface area contributed by atoms with E-state index < -0.39 is 282 Å². The number of hydroxylamine groups is 8. The molecular weight excluding hydrogens is 2020 g/mol. The van der Waals surface area contributed by atoms with Crippen LogP contribution in [0, 0.1) is 65.1 Å². The number of hydrogen-bond donors (Lipinski definition) is 10. The number of nitrogens with one attached hydrogen (secondary N) is 3. The maximum absolute atomic E-state index is 16.9. The zero-order valence-corrected chi connectivity index (χ0v) is 85.9.